The molecule has 13 heavy (non-hydrogen) atoms. The number of carboxylic acids is 1. The lowest BCUT2D eigenvalue weighted by molar-refractivity contribution is -0.146. The summed E-state index contributed by atoms with van der Waals surface area (Å²) >= 11 is 0. The molecule has 0 saturated carbocycles. The second kappa shape index (κ2) is 3.74. The molecule has 1 rings (SSSR count). The predicted molar refractivity (Wildman–Crippen MR) is 47.0 cm³/mol. The molecule has 0 saturated heterocycles. The van der Waals surface area contributed by atoms with Crippen LogP contribution in [0.4, 0.5) is 0 Å². The van der Waals surface area contributed by atoms with Crippen molar-refractivity contribution < 1.29 is 15.0 Å². The number of aliphatic hydroxyl groups is 1. The minimum atomic E-state index is -1.51. The first-order valence-electron chi connectivity index (χ1n) is 3.62. The predicted octanol–water partition coefficient (Wildman–Crippen LogP) is 0.786. The molecule has 2 N–H and O–H groups in total. The normalized spacial score (nSPS) is 11.7. The van der Waals surface area contributed by atoms with Gasteiger partial charge in [0.25, 0.3) is 0 Å². The van der Waals surface area contributed by atoms with Crippen molar-refractivity contribution in [1.82, 2.24) is 0 Å². The number of hydrogen-bond acceptors (Lipinski definition) is 2. The van der Waals surface area contributed by atoms with Crippen molar-refractivity contribution in [1.29, 1.82) is 0 Å². The molecule has 0 heterocycles. The number of terminal acetylenes is 1. The van der Waals surface area contributed by atoms with E-state index in [0.29, 0.717) is 11.1 Å². The van der Waals surface area contributed by atoms with Crippen molar-refractivity contribution in [3.63, 3.8) is 0 Å². The van der Waals surface area contributed by atoms with Gasteiger partial charge in [-0.15, -0.1) is 6.42 Å². The summed E-state index contributed by atoms with van der Waals surface area (Å²) in [5.74, 6) is 1.07. The largest absolute Gasteiger partial charge is 0.479 e. The number of aliphatic carboxylic acids is 1. The van der Waals surface area contributed by atoms with Gasteiger partial charge in [-0.1, -0.05) is 18.1 Å². The van der Waals surface area contributed by atoms with Gasteiger partial charge in [0.05, 0.1) is 0 Å². The molecule has 0 aliphatic rings. The summed E-state index contributed by atoms with van der Waals surface area (Å²) in [6.45, 7) is 0. The SMILES string of the molecule is C#Cc1cccc(C(O)C(=O)O)c1. The summed E-state index contributed by atoms with van der Waals surface area (Å²) in [5.41, 5.74) is 0.848. The topological polar surface area (TPSA) is 57.5 Å². The van der Waals surface area contributed by atoms with E-state index < -0.39 is 12.1 Å². The van der Waals surface area contributed by atoms with E-state index in [9.17, 15) is 4.79 Å². The van der Waals surface area contributed by atoms with Crippen molar-refractivity contribution in [2.45, 2.75) is 6.10 Å². The number of carboxylic acid groups (broad SMARTS) is 1. The summed E-state index contributed by atoms with van der Waals surface area (Å²) in [6.07, 6.45) is 3.61. The fourth-order valence-electron chi connectivity index (χ4n) is 0.941. The first kappa shape index (κ1) is 9.30. The Bertz CT molecular complexity index is 363. The smallest absolute Gasteiger partial charge is 0.337 e. The maximum absolute atomic E-state index is 10.4. The third-order valence-corrected chi connectivity index (χ3v) is 1.60. The highest BCUT2D eigenvalue weighted by atomic mass is 16.4. The lowest BCUT2D eigenvalue weighted by Gasteiger charge is -2.05. The number of rotatable bonds is 2. The van der Waals surface area contributed by atoms with Crippen LogP contribution < -0.4 is 0 Å². The molecule has 0 aliphatic heterocycles. The molecule has 0 spiro atoms. The van der Waals surface area contributed by atoms with Crippen LogP contribution in [-0.4, -0.2) is 16.2 Å². The number of hydrogen-bond donors (Lipinski definition) is 2. The Labute approximate surface area is 75.6 Å². The molecule has 1 atom stereocenters. The van der Waals surface area contributed by atoms with Crippen molar-refractivity contribution in [3.05, 3.63) is 35.4 Å². The zero-order valence-corrected chi connectivity index (χ0v) is 6.77. The van der Waals surface area contributed by atoms with Crippen LogP contribution in [0.25, 0.3) is 0 Å². The van der Waals surface area contributed by atoms with Crippen LogP contribution in [0.15, 0.2) is 24.3 Å². The zero-order valence-electron chi connectivity index (χ0n) is 6.77. The van der Waals surface area contributed by atoms with E-state index in [1.165, 1.54) is 12.1 Å². The highest BCUT2D eigenvalue weighted by Crippen LogP contribution is 2.13. The fourth-order valence-corrected chi connectivity index (χ4v) is 0.941. The fraction of sp³-hybridized carbons (Fsp3) is 0.100. The molecule has 0 bridgehead atoms. The van der Waals surface area contributed by atoms with Crippen LogP contribution in [0.5, 0.6) is 0 Å². The van der Waals surface area contributed by atoms with Gasteiger partial charge in [-0.3, -0.25) is 0 Å². The Morgan fingerprint density at radius 3 is 2.77 bits per heavy atom. The maximum atomic E-state index is 10.4. The van der Waals surface area contributed by atoms with Gasteiger partial charge >= 0.3 is 5.97 Å². The molecule has 1 aromatic carbocycles. The van der Waals surface area contributed by atoms with E-state index >= 15 is 0 Å². The molecule has 3 nitrogen and oxygen atoms in total. The number of aliphatic hydroxyl groups excluding tert-OH is 1. The molecule has 0 fully saturated rings. The first-order chi connectivity index (χ1) is 6.15. The monoisotopic (exact) mass is 176 g/mol. The molecular formula is C10H8O3. The molecule has 0 aromatic heterocycles. The van der Waals surface area contributed by atoms with Gasteiger partial charge in [-0.2, -0.15) is 0 Å². The standard InChI is InChI=1S/C10H8O3/c1-2-7-4-3-5-8(6-7)9(11)10(12)13/h1,3-6,9,11H,(H,12,13). The van der Waals surface area contributed by atoms with Crippen molar-refractivity contribution in [3.8, 4) is 12.3 Å². The van der Waals surface area contributed by atoms with E-state index in [-0.39, 0.29) is 0 Å². The quantitative estimate of drug-likeness (QED) is 0.655. The van der Waals surface area contributed by atoms with Gasteiger partial charge < -0.3 is 10.2 Å². The van der Waals surface area contributed by atoms with Gasteiger partial charge in [0, 0.05) is 5.56 Å². The van der Waals surface area contributed by atoms with Crippen LogP contribution in [0.1, 0.15) is 17.2 Å². The van der Waals surface area contributed by atoms with Crippen LogP contribution in [0.2, 0.25) is 0 Å². The first-order valence-corrected chi connectivity index (χ1v) is 3.62. The van der Waals surface area contributed by atoms with Crippen molar-refractivity contribution >= 4 is 5.97 Å². The third-order valence-electron chi connectivity index (χ3n) is 1.60. The van der Waals surface area contributed by atoms with Gasteiger partial charge in [-0.05, 0) is 17.7 Å². The lowest BCUT2D eigenvalue weighted by atomic mass is 10.1. The zero-order chi connectivity index (χ0) is 9.84. The van der Waals surface area contributed by atoms with E-state index in [4.69, 9.17) is 16.6 Å². The maximum Gasteiger partial charge on any atom is 0.337 e. The molecular weight excluding hydrogens is 168 g/mol. The Morgan fingerprint density at radius 1 is 1.54 bits per heavy atom. The molecule has 1 aromatic rings. The Kier molecular flexibility index (Phi) is 2.68. The molecule has 0 aliphatic carbocycles. The number of carbonyl (C=O) groups is 1. The van der Waals surface area contributed by atoms with Gasteiger partial charge in [0.2, 0.25) is 0 Å². The number of benzene rings is 1. The highest BCUT2D eigenvalue weighted by molar-refractivity contribution is 5.74. The summed E-state index contributed by atoms with van der Waals surface area (Å²) < 4.78 is 0. The van der Waals surface area contributed by atoms with Crippen LogP contribution in [0.3, 0.4) is 0 Å². The van der Waals surface area contributed by atoms with Crippen molar-refractivity contribution in [2.24, 2.45) is 0 Å². The Morgan fingerprint density at radius 2 is 2.23 bits per heavy atom. The van der Waals surface area contributed by atoms with E-state index in [1.54, 1.807) is 12.1 Å². The summed E-state index contributed by atoms with van der Waals surface area (Å²) in [4.78, 5) is 10.4. The highest BCUT2D eigenvalue weighted by Gasteiger charge is 2.15. The van der Waals surface area contributed by atoms with Gasteiger partial charge in [0.1, 0.15) is 0 Å². The summed E-state index contributed by atoms with van der Waals surface area (Å²) in [5, 5.41) is 17.6. The average molecular weight is 176 g/mol. The lowest BCUT2D eigenvalue weighted by Crippen LogP contribution is -2.10. The van der Waals surface area contributed by atoms with Crippen LogP contribution in [0, 0.1) is 12.3 Å². The molecule has 0 amide bonds. The van der Waals surface area contributed by atoms with Gasteiger partial charge in [0.15, 0.2) is 6.10 Å². The molecule has 1 unspecified atom stereocenters. The van der Waals surface area contributed by atoms with Gasteiger partial charge in [-0.25, -0.2) is 4.79 Å². The summed E-state index contributed by atoms with van der Waals surface area (Å²) in [7, 11) is 0. The molecule has 66 valence electrons. The van der Waals surface area contributed by atoms with E-state index in [2.05, 4.69) is 5.92 Å². The average Bonchev–Trinajstić information content (AvgIpc) is 2.16. The van der Waals surface area contributed by atoms with Crippen LogP contribution >= 0.6 is 0 Å². The third kappa shape index (κ3) is 2.08. The molecule has 0 radical (unpaired) electrons. The Balaban J connectivity index is 3.03. The second-order valence-electron chi connectivity index (χ2n) is 2.51. The second-order valence-corrected chi connectivity index (χ2v) is 2.51. The molecule has 3 heteroatoms. The summed E-state index contributed by atoms with van der Waals surface area (Å²) in [6, 6.07) is 6.26. The Hall–Kier alpha value is -1.79. The van der Waals surface area contributed by atoms with Crippen LogP contribution in [-0.2, 0) is 4.79 Å². The minimum Gasteiger partial charge on any atom is -0.479 e. The van der Waals surface area contributed by atoms with E-state index in [0.717, 1.165) is 0 Å². The minimum absolute atomic E-state index is 0.294. The van der Waals surface area contributed by atoms with Crippen molar-refractivity contribution in [2.75, 3.05) is 0 Å². The van der Waals surface area contributed by atoms with E-state index in [1.807, 2.05) is 0 Å².